The van der Waals surface area contributed by atoms with Crippen LogP contribution in [0.1, 0.15) is 0 Å². The third-order valence-corrected chi connectivity index (χ3v) is 3.21. The first-order valence-corrected chi connectivity index (χ1v) is 6.88. The molecular weight excluding hydrogens is 310 g/mol. The number of urea groups is 2. The number of imide groups is 1. The first-order chi connectivity index (χ1) is 9.53. The zero-order chi connectivity index (χ0) is 16.4. The van der Waals surface area contributed by atoms with Gasteiger partial charge in [0.05, 0.1) is 6.54 Å². The highest BCUT2D eigenvalue weighted by atomic mass is 32.2. The molecule has 1 unspecified atom stereocenters. The summed E-state index contributed by atoms with van der Waals surface area (Å²) in [6, 6.07) is -3.38. The van der Waals surface area contributed by atoms with Crippen LogP contribution in [0.2, 0.25) is 0 Å². The van der Waals surface area contributed by atoms with Crippen molar-refractivity contribution in [3.63, 3.8) is 0 Å². The van der Waals surface area contributed by atoms with Crippen LogP contribution in [-0.4, -0.2) is 74.1 Å². The maximum Gasteiger partial charge on any atom is 0.405 e. The van der Waals surface area contributed by atoms with Gasteiger partial charge < -0.3 is 15.3 Å². The second-order valence-electron chi connectivity index (χ2n) is 4.16. The van der Waals surface area contributed by atoms with Crippen LogP contribution in [0.4, 0.5) is 14.4 Å². The van der Waals surface area contributed by atoms with Crippen LogP contribution >= 0.6 is 0 Å². The summed E-state index contributed by atoms with van der Waals surface area (Å²) in [5, 5.41) is 10.2. The van der Waals surface area contributed by atoms with E-state index in [1.165, 1.54) is 23.5 Å². The Morgan fingerprint density at radius 3 is 2.29 bits per heavy atom. The number of hydrogen-bond donors (Lipinski definition) is 4. The lowest BCUT2D eigenvalue weighted by Gasteiger charge is -2.35. The van der Waals surface area contributed by atoms with Crippen molar-refractivity contribution < 1.29 is 32.7 Å². The predicted octanol–water partition coefficient (Wildman–Crippen LogP) is -2.31. The minimum absolute atomic E-state index is 0.311. The Morgan fingerprint density at radius 2 is 1.86 bits per heavy atom. The number of hydrogen-bond acceptors (Lipinski definition) is 6. The van der Waals surface area contributed by atoms with E-state index in [0.29, 0.717) is 4.90 Å². The lowest BCUT2D eigenvalue weighted by molar-refractivity contribution is -0.138. The Kier molecular flexibility index (Phi) is 4.57. The number of carbonyl (C=O) groups excluding carboxylic acids is 3. The summed E-state index contributed by atoms with van der Waals surface area (Å²) in [6.45, 7) is -0.311. The van der Waals surface area contributed by atoms with Crippen molar-refractivity contribution in [1.82, 2.24) is 24.6 Å². The maximum absolute atomic E-state index is 11.5. The van der Waals surface area contributed by atoms with E-state index in [4.69, 9.17) is 5.11 Å². The molecule has 0 bridgehead atoms. The second-order valence-corrected chi connectivity index (χ2v) is 5.58. The van der Waals surface area contributed by atoms with Gasteiger partial charge in [-0.25, -0.2) is 23.8 Å². The largest absolute Gasteiger partial charge is 0.465 e. The van der Waals surface area contributed by atoms with Crippen molar-refractivity contribution >= 4 is 34.3 Å². The minimum Gasteiger partial charge on any atom is -0.465 e. The number of amides is 6. The molecule has 21 heavy (non-hydrogen) atoms. The fraction of sp³-hybridized carbons (Fsp3) is 0.500. The van der Waals surface area contributed by atoms with Gasteiger partial charge in [-0.2, -0.15) is 8.42 Å². The number of nitrogens with one attached hydrogen (secondary N) is 3. The minimum atomic E-state index is -4.48. The molecule has 6 amide bonds. The number of carbonyl (C=O) groups is 4. The molecule has 12 nitrogen and oxygen atoms in total. The Morgan fingerprint density at radius 1 is 1.29 bits per heavy atom. The fourth-order valence-electron chi connectivity index (χ4n) is 1.27. The van der Waals surface area contributed by atoms with Gasteiger partial charge in [-0.1, -0.05) is 0 Å². The van der Waals surface area contributed by atoms with Gasteiger partial charge in [0.25, 0.3) is 5.91 Å². The molecule has 1 aliphatic rings. The molecule has 1 saturated heterocycles. The van der Waals surface area contributed by atoms with Crippen LogP contribution in [0, 0.1) is 0 Å². The molecule has 13 heteroatoms. The summed E-state index contributed by atoms with van der Waals surface area (Å²) in [7, 11) is -1.91. The van der Waals surface area contributed by atoms with Crippen molar-refractivity contribution in [1.29, 1.82) is 0 Å². The maximum atomic E-state index is 11.5. The molecular formula is C8H13N5O7S. The van der Waals surface area contributed by atoms with Crippen LogP contribution in [0.25, 0.3) is 0 Å². The summed E-state index contributed by atoms with van der Waals surface area (Å²) >= 11 is 0. The third-order valence-electron chi connectivity index (χ3n) is 2.32. The van der Waals surface area contributed by atoms with E-state index in [0.717, 1.165) is 4.90 Å². The molecule has 1 rings (SSSR count). The summed E-state index contributed by atoms with van der Waals surface area (Å²) in [5.41, 5.74) is 0. The van der Waals surface area contributed by atoms with Crippen LogP contribution in [0.3, 0.4) is 0 Å². The quantitative estimate of drug-likeness (QED) is 0.423. The number of likely N-dealkylation sites (tertiary alicyclic amines) is 1. The first-order valence-electron chi connectivity index (χ1n) is 5.40. The Hall–Kier alpha value is -2.57. The average Bonchev–Trinajstić information content (AvgIpc) is 2.31. The van der Waals surface area contributed by atoms with Gasteiger partial charge in [0.2, 0.25) is 0 Å². The number of nitrogens with zero attached hydrogens (tertiary/aromatic N) is 2. The number of carboxylic acid groups (broad SMARTS) is 1. The fourth-order valence-corrected chi connectivity index (χ4v) is 2.07. The summed E-state index contributed by atoms with van der Waals surface area (Å²) in [5.74, 6) is -0.899. The highest BCUT2D eigenvalue weighted by Gasteiger charge is 2.43. The van der Waals surface area contributed by atoms with Crippen molar-refractivity contribution in [2.45, 2.75) is 6.04 Å². The van der Waals surface area contributed by atoms with E-state index >= 15 is 0 Å². The molecule has 0 radical (unpaired) electrons. The molecule has 1 atom stereocenters. The van der Waals surface area contributed by atoms with Gasteiger partial charge >= 0.3 is 28.4 Å². The summed E-state index contributed by atoms with van der Waals surface area (Å²) in [4.78, 5) is 45.8. The molecule has 4 N–H and O–H groups in total. The standard InChI is InChI=1S/C8H13N5O7S/c1-12(2)6(15)10-21(19,20)11-7(16)13-3-4(5(13)14)9-8(17)18/h4,9H,3H2,1-2H3,(H,10,15)(H,11,16)(H,17,18). The zero-order valence-electron chi connectivity index (χ0n) is 11.0. The van der Waals surface area contributed by atoms with E-state index in [1.54, 1.807) is 0 Å². The molecule has 118 valence electrons. The van der Waals surface area contributed by atoms with E-state index in [-0.39, 0.29) is 6.54 Å². The molecule has 0 aromatic rings. The van der Waals surface area contributed by atoms with Crippen LogP contribution in [0.5, 0.6) is 0 Å². The second kappa shape index (κ2) is 5.82. The molecule has 1 heterocycles. The summed E-state index contributed by atoms with van der Waals surface area (Å²) in [6.07, 6.45) is -1.45. The molecule has 0 aromatic heterocycles. The van der Waals surface area contributed by atoms with Crippen LogP contribution in [-0.2, 0) is 15.0 Å². The normalized spacial score (nSPS) is 17.5. The SMILES string of the molecule is CN(C)C(=O)NS(=O)(=O)NC(=O)N1CC(NC(=O)O)C1=O. The Balaban J connectivity index is 2.57. The van der Waals surface area contributed by atoms with Gasteiger partial charge in [0.15, 0.2) is 0 Å². The lowest BCUT2D eigenvalue weighted by atomic mass is 10.1. The van der Waals surface area contributed by atoms with E-state index in [2.05, 4.69) is 0 Å². The van der Waals surface area contributed by atoms with Gasteiger partial charge in [-0.05, 0) is 0 Å². The highest BCUT2D eigenvalue weighted by molar-refractivity contribution is 7.88. The van der Waals surface area contributed by atoms with Crippen LogP contribution in [0.15, 0.2) is 0 Å². The van der Waals surface area contributed by atoms with E-state index in [9.17, 15) is 27.6 Å². The highest BCUT2D eigenvalue weighted by Crippen LogP contribution is 2.10. The molecule has 0 aromatic carbocycles. The molecule has 1 fully saturated rings. The number of rotatable bonds is 3. The Labute approximate surface area is 119 Å². The third kappa shape index (κ3) is 4.20. The first kappa shape index (κ1) is 16.5. The Bertz CT molecular complexity index is 586. The van der Waals surface area contributed by atoms with Crippen LogP contribution < -0.4 is 14.8 Å². The van der Waals surface area contributed by atoms with Crippen molar-refractivity contribution in [3.05, 3.63) is 0 Å². The van der Waals surface area contributed by atoms with Gasteiger partial charge in [0, 0.05) is 14.1 Å². The summed E-state index contributed by atoms with van der Waals surface area (Å²) < 4.78 is 25.8. The molecule has 1 aliphatic heterocycles. The average molecular weight is 323 g/mol. The van der Waals surface area contributed by atoms with Crippen molar-refractivity contribution in [2.24, 2.45) is 0 Å². The topological polar surface area (TPSA) is 165 Å². The van der Waals surface area contributed by atoms with Gasteiger partial charge in [-0.3, -0.25) is 9.69 Å². The smallest absolute Gasteiger partial charge is 0.405 e. The predicted molar refractivity (Wildman–Crippen MR) is 66.3 cm³/mol. The van der Waals surface area contributed by atoms with Gasteiger partial charge in [-0.15, -0.1) is 0 Å². The number of β-lactam (4-membered cyclic amide) rings is 1. The zero-order valence-corrected chi connectivity index (χ0v) is 11.8. The van der Waals surface area contributed by atoms with Gasteiger partial charge in [0.1, 0.15) is 6.04 Å². The van der Waals surface area contributed by atoms with Crippen molar-refractivity contribution in [3.8, 4) is 0 Å². The molecule has 0 saturated carbocycles. The van der Waals surface area contributed by atoms with Crippen molar-refractivity contribution in [2.75, 3.05) is 20.6 Å². The molecule has 0 aliphatic carbocycles. The molecule has 0 spiro atoms. The monoisotopic (exact) mass is 323 g/mol. The lowest BCUT2D eigenvalue weighted by Crippen LogP contribution is -2.67. The van der Waals surface area contributed by atoms with E-state index in [1.807, 2.05) is 5.32 Å². The van der Waals surface area contributed by atoms with E-state index < -0.39 is 40.3 Å².